The fourth-order valence-electron chi connectivity index (χ4n) is 2.42. The third kappa shape index (κ3) is 0.799. The second-order valence-corrected chi connectivity index (χ2v) is 3.88. The smallest absolute Gasteiger partial charge is 0.132 e. The van der Waals surface area contributed by atoms with E-state index in [2.05, 4.69) is 0 Å². The Kier molecular flexibility index (Phi) is 1.33. The molecule has 1 nitrogen and oxygen atoms in total. The van der Waals surface area contributed by atoms with Gasteiger partial charge in [-0.1, -0.05) is 0 Å². The maximum Gasteiger partial charge on any atom is 0.132 e. The normalized spacial score (nSPS) is 38.9. The monoisotopic (exact) mass is 138 g/mol. The zero-order valence-corrected chi connectivity index (χ0v) is 6.47. The van der Waals surface area contributed by atoms with Crippen molar-refractivity contribution in [2.75, 3.05) is 0 Å². The standard InChI is InChI=1S/C9H14O/c1-6(10)9-4-7-2-3-8(7)5-9/h7-9H,2-5H2,1H3/t7-,8-/m1/s1. The number of hydrogen-bond donors (Lipinski definition) is 0. The van der Waals surface area contributed by atoms with Crippen molar-refractivity contribution in [2.45, 2.75) is 32.6 Å². The molecule has 0 amide bonds. The van der Waals surface area contributed by atoms with Gasteiger partial charge in [0, 0.05) is 5.92 Å². The zero-order chi connectivity index (χ0) is 7.14. The SMILES string of the molecule is CC(=O)C1C[C@H]2CC[C@@H]2C1. The molecule has 0 spiro atoms. The summed E-state index contributed by atoms with van der Waals surface area (Å²) in [5, 5.41) is 0. The van der Waals surface area contributed by atoms with Crippen LogP contribution in [0.25, 0.3) is 0 Å². The van der Waals surface area contributed by atoms with Crippen molar-refractivity contribution in [1.29, 1.82) is 0 Å². The average molecular weight is 138 g/mol. The molecule has 0 radical (unpaired) electrons. The zero-order valence-electron chi connectivity index (χ0n) is 6.47. The Labute approximate surface area is 61.8 Å². The topological polar surface area (TPSA) is 17.1 Å². The lowest BCUT2D eigenvalue weighted by Gasteiger charge is -2.29. The second-order valence-electron chi connectivity index (χ2n) is 3.88. The lowest BCUT2D eigenvalue weighted by atomic mass is 9.77. The van der Waals surface area contributed by atoms with Crippen LogP contribution in [0.1, 0.15) is 32.6 Å². The van der Waals surface area contributed by atoms with Gasteiger partial charge in [0.25, 0.3) is 0 Å². The van der Waals surface area contributed by atoms with E-state index in [1.54, 1.807) is 6.92 Å². The maximum absolute atomic E-state index is 11.0. The Morgan fingerprint density at radius 2 is 1.70 bits per heavy atom. The van der Waals surface area contributed by atoms with Crippen molar-refractivity contribution in [3.8, 4) is 0 Å². The molecule has 2 aliphatic rings. The molecule has 0 heterocycles. The van der Waals surface area contributed by atoms with E-state index in [0.717, 1.165) is 11.8 Å². The molecule has 10 heavy (non-hydrogen) atoms. The van der Waals surface area contributed by atoms with E-state index >= 15 is 0 Å². The summed E-state index contributed by atoms with van der Waals surface area (Å²) in [6.07, 6.45) is 5.21. The van der Waals surface area contributed by atoms with Crippen LogP contribution in [0.4, 0.5) is 0 Å². The van der Waals surface area contributed by atoms with Crippen LogP contribution < -0.4 is 0 Å². The van der Waals surface area contributed by atoms with Gasteiger partial charge in [-0.3, -0.25) is 4.79 Å². The highest BCUT2D eigenvalue weighted by atomic mass is 16.1. The molecule has 0 unspecified atom stereocenters. The summed E-state index contributed by atoms with van der Waals surface area (Å²) >= 11 is 0. The van der Waals surface area contributed by atoms with Crippen LogP contribution in [0.15, 0.2) is 0 Å². The molecule has 0 saturated heterocycles. The van der Waals surface area contributed by atoms with Crippen LogP contribution in [0.3, 0.4) is 0 Å². The van der Waals surface area contributed by atoms with Crippen LogP contribution in [0.5, 0.6) is 0 Å². The van der Waals surface area contributed by atoms with Crippen LogP contribution >= 0.6 is 0 Å². The number of Topliss-reactive ketones (excluding diaryl/α,β-unsaturated/α-hetero) is 1. The Bertz CT molecular complexity index is 150. The molecule has 2 rings (SSSR count). The quantitative estimate of drug-likeness (QED) is 0.541. The first-order valence-electron chi connectivity index (χ1n) is 4.28. The number of fused-ring (bicyclic) bond motifs is 1. The van der Waals surface area contributed by atoms with E-state index in [1.807, 2.05) is 0 Å². The number of carbonyl (C=O) groups is 1. The average Bonchev–Trinajstić information content (AvgIpc) is 2.09. The van der Waals surface area contributed by atoms with Gasteiger partial charge in [-0.05, 0) is 44.4 Å². The summed E-state index contributed by atoms with van der Waals surface area (Å²) in [4.78, 5) is 11.0. The predicted octanol–water partition coefficient (Wildman–Crippen LogP) is 2.01. The minimum absolute atomic E-state index is 0.425. The molecular formula is C9H14O. The fraction of sp³-hybridized carbons (Fsp3) is 0.889. The van der Waals surface area contributed by atoms with Gasteiger partial charge in [0.15, 0.2) is 0 Å². The molecule has 0 aromatic heterocycles. The summed E-state index contributed by atoms with van der Waals surface area (Å²) in [6, 6.07) is 0. The Balaban J connectivity index is 1.98. The van der Waals surface area contributed by atoms with E-state index in [-0.39, 0.29) is 0 Å². The van der Waals surface area contributed by atoms with Crippen molar-refractivity contribution in [3.05, 3.63) is 0 Å². The van der Waals surface area contributed by atoms with Gasteiger partial charge >= 0.3 is 0 Å². The molecule has 2 fully saturated rings. The summed E-state index contributed by atoms with van der Waals surface area (Å²) < 4.78 is 0. The van der Waals surface area contributed by atoms with Gasteiger partial charge < -0.3 is 0 Å². The van der Waals surface area contributed by atoms with E-state index in [4.69, 9.17) is 0 Å². The molecule has 2 saturated carbocycles. The molecule has 2 atom stereocenters. The van der Waals surface area contributed by atoms with Crippen LogP contribution in [-0.2, 0) is 4.79 Å². The highest BCUT2D eigenvalue weighted by Gasteiger charge is 2.41. The lowest BCUT2D eigenvalue weighted by molar-refractivity contribution is -0.120. The van der Waals surface area contributed by atoms with E-state index in [9.17, 15) is 4.79 Å². The first-order valence-corrected chi connectivity index (χ1v) is 4.28. The molecule has 0 aromatic carbocycles. The first kappa shape index (κ1) is 6.38. The van der Waals surface area contributed by atoms with Crippen LogP contribution in [-0.4, -0.2) is 5.78 Å². The van der Waals surface area contributed by atoms with Gasteiger partial charge in [0.1, 0.15) is 5.78 Å². The Morgan fingerprint density at radius 3 is 2.00 bits per heavy atom. The predicted molar refractivity (Wildman–Crippen MR) is 39.6 cm³/mol. The molecular weight excluding hydrogens is 124 g/mol. The van der Waals surface area contributed by atoms with Crippen molar-refractivity contribution in [1.82, 2.24) is 0 Å². The van der Waals surface area contributed by atoms with Gasteiger partial charge in [-0.2, -0.15) is 0 Å². The van der Waals surface area contributed by atoms with Crippen molar-refractivity contribution >= 4 is 5.78 Å². The van der Waals surface area contributed by atoms with Crippen molar-refractivity contribution in [3.63, 3.8) is 0 Å². The van der Waals surface area contributed by atoms with E-state index in [1.165, 1.54) is 25.7 Å². The lowest BCUT2D eigenvalue weighted by Crippen LogP contribution is -2.18. The highest BCUT2D eigenvalue weighted by Crippen LogP contribution is 2.49. The van der Waals surface area contributed by atoms with Crippen molar-refractivity contribution in [2.24, 2.45) is 17.8 Å². The Morgan fingerprint density at radius 1 is 1.20 bits per heavy atom. The minimum atomic E-state index is 0.425. The highest BCUT2D eigenvalue weighted by molar-refractivity contribution is 5.78. The van der Waals surface area contributed by atoms with Gasteiger partial charge in [-0.25, -0.2) is 0 Å². The minimum Gasteiger partial charge on any atom is -0.300 e. The van der Waals surface area contributed by atoms with Gasteiger partial charge in [0.05, 0.1) is 0 Å². The maximum atomic E-state index is 11.0. The molecule has 0 N–H and O–H groups in total. The molecule has 56 valence electrons. The largest absolute Gasteiger partial charge is 0.300 e. The molecule has 0 aliphatic heterocycles. The third-order valence-electron chi connectivity index (χ3n) is 3.32. The third-order valence-corrected chi connectivity index (χ3v) is 3.32. The second kappa shape index (κ2) is 2.08. The number of rotatable bonds is 1. The summed E-state index contributed by atoms with van der Waals surface area (Å²) in [7, 11) is 0. The van der Waals surface area contributed by atoms with Crippen LogP contribution in [0.2, 0.25) is 0 Å². The Hall–Kier alpha value is -0.330. The molecule has 1 heteroatoms. The molecule has 0 aromatic rings. The van der Waals surface area contributed by atoms with Gasteiger partial charge in [0.2, 0.25) is 0 Å². The number of ketones is 1. The van der Waals surface area contributed by atoms with E-state index < -0.39 is 0 Å². The summed E-state index contributed by atoms with van der Waals surface area (Å²) in [5.74, 6) is 2.75. The van der Waals surface area contributed by atoms with Crippen molar-refractivity contribution < 1.29 is 4.79 Å². The van der Waals surface area contributed by atoms with Crippen LogP contribution in [0, 0.1) is 17.8 Å². The van der Waals surface area contributed by atoms with E-state index in [0.29, 0.717) is 11.7 Å². The number of hydrogen-bond acceptors (Lipinski definition) is 1. The summed E-state index contributed by atoms with van der Waals surface area (Å²) in [5.41, 5.74) is 0. The van der Waals surface area contributed by atoms with Gasteiger partial charge in [-0.15, -0.1) is 0 Å². The molecule has 0 bridgehead atoms. The first-order chi connectivity index (χ1) is 4.77. The summed E-state index contributed by atoms with van der Waals surface area (Å²) in [6.45, 7) is 1.75. The molecule has 2 aliphatic carbocycles. The fourth-order valence-corrected chi connectivity index (χ4v) is 2.42. The number of carbonyl (C=O) groups excluding carboxylic acids is 1.